The number of hydrogen-bond donors (Lipinski definition) is 3. The summed E-state index contributed by atoms with van der Waals surface area (Å²) in [4.78, 5) is 37.4. The maximum absolute atomic E-state index is 14.0. The van der Waals surface area contributed by atoms with Gasteiger partial charge in [-0.2, -0.15) is 0 Å². The van der Waals surface area contributed by atoms with Crippen molar-refractivity contribution in [3.05, 3.63) is 136 Å². The topological polar surface area (TPSA) is 172 Å². The first kappa shape index (κ1) is 42.0. The highest BCUT2D eigenvalue weighted by atomic mass is 32.2. The fraction of sp³-hybridized carbons (Fsp3) is 0.333. The van der Waals surface area contributed by atoms with Gasteiger partial charge in [-0.15, -0.1) is 0 Å². The number of H-pyrrole nitrogens is 1. The van der Waals surface area contributed by atoms with Gasteiger partial charge in [0.25, 0.3) is 21.6 Å². The Kier molecular flexibility index (Phi) is 12.1. The number of carbonyl (C=O) groups excluding carboxylic acids is 1. The Morgan fingerprint density at radius 2 is 1.67 bits per heavy atom. The number of anilines is 2. The molecule has 63 heavy (non-hydrogen) atoms. The highest BCUT2D eigenvalue weighted by molar-refractivity contribution is 7.90. The Bertz CT molecular complexity index is 2730. The Morgan fingerprint density at radius 3 is 2.44 bits per heavy atom. The van der Waals surface area contributed by atoms with E-state index in [1.54, 1.807) is 24.4 Å². The van der Waals surface area contributed by atoms with Crippen LogP contribution >= 0.6 is 0 Å². The Labute approximate surface area is 366 Å². The molecule has 3 fully saturated rings. The molecule has 14 nitrogen and oxygen atoms in total. The maximum Gasteiger partial charge on any atom is 0.293 e. The molecule has 6 aromatic rings. The molecular formula is C48H51N7O7S. The summed E-state index contributed by atoms with van der Waals surface area (Å²) in [5.74, 6) is 0.310. The van der Waals surface area contributed by atoms with Crippen molar-refractivity contribution in [3.63, 3.8) is 0 Å². The van der Waals surface area contributed by atoms with Crippen LogP contribution in [0, 0.1) is 16.0 Å². The molecule has 0 aliphatic carbocycles. The third kappa shape index (κ3) is 9.26. The van der Waals surface area contributed by atoms with Crippen LogP contribution in [0.1, 0.15) is 72.0 Å². The van der Waals surface area contributed by atoms with Gasteiger partial charge in [-0.05, 0) is 141 Å². The first-order valence-electron chi connectivity index (χ1n) is 21.7. The number of carbonyl (C=O) groups is 1. The van der Waals surface area contributed by atoms with E-state index >= 15 is 0 Å². The average Bonchev–Trinajstić information content (AvgIpc) is 3.99. The van der Waals surface area contributed by atoms with Crippen LogP contribution < -0.4 is 19.7 Å². The molecule has 15 heteroatoms. The lowest BCUT2D eigenvalue weighted by molar-refractivity contribution is -0.384. The number of nitrogens with zero attached hydrogens (tertiary/aromatic N) is 4. The third-order valence-electron chi connectivity index (χ3n) is 12.8. The van der Waals surface area contributed by atoms with Crippen LogP contribution in [0.15, 0.2) is 114 Å². The largest absolute Gasteiger partial charge is 0.455 e. The highest BCUT2D eigenvalue weighted by Crippen LogP contribution is 2.42. The van der Waals surface area contributed by atoms with E-state index in [1.165, 1.54) is 48.4 Å². The number of nitro groups is 1. The lowest BCUT2D eigenvalue weighted by Gasteiger charge is -2.34. The van der Waals surface area contributed by atoms with Gasteiger partial charge in [-0.1, -0.05) is 42.5 Å². The van der Waals surface area contributed by atoms with Gasteiger partial charge in [0.15, 0.2) is 0 Å². The van der Waals surface area contributed by atoms with Crippen molar-refractivity contribution in [1.82, 2.24) is 19.6 Å². The third-order valence-corrected chi connectivity index (χ3v) is 14.1. The lowest BCUT2D eigenvalue weighted by Crippen LogP contribution is -2.31. The molecule has 0 unspecified atom stereocenters. The molecule has 326 valence electrons. The summed E-state index contributed by atoms with van der Waals surface area (Å²) in [5, 5.41) is 16.0. The zero-order valence-corrected chi connectivity index (χ0v) is 36.0. The second kappa shape index (κ2) is 18.2. The molecule has 3 aliphatic heterocycles. The molecule has 1 atom stereocenters. The van der Waals surface area contributed by atoms with Crippen LogP contribution in [0.5, 0.6) is 11.5 Å². The number of aromatic nitrogens is 2. The molecule has 4 aromatic carbocycles. The SMILES string of the molecule is CN1CCC(c2ccccc2[C@H]2CCCN2c2ccc(-c3ccc(C(=O)NS(=O)(=O)c4ccc(NCC5CCOCC5)c([N+](=O)[O-])c4)c(Oc4cnc5[nH]ccc5c4)c3)cc2)CC1. The number of aromatic amines is 1. The quantitative estimate of drug-likeness (QED) is 0.0747. The van der Waals surface area contributed by atoms with Crippen molar-refractivity contribution in [2.45, 2.75) is 55.4 Å². The molecule has 0 bridgehead atoms. The predicted molar refractivity (Wildman–Crippen MR) is 243 cm³/mol. The zero-order chi connectivity index (χ0) is 43.5. The smallest absolute Gasteiger partial charge is 0.293 e. The normalized spacial score (nSPS) is 17.8. The molecule has 2 aromatic heterocycles. The van der Waals surface area contributed by atoms with Gasteiger partial charge >= 0.3 is 0 Å². The molecule has 0 radical (unpaired) electrons. The van der Waals surface area contributed by atoms with E-state index in [0.717, 1.165) is 73.6 Å². The molecule has 3 N–H and O–H groups in total. The Balaban J connectivity index is 0.971. The van der Waals surface area contributed by atoms with E-state index in [9.17, 15) is 23.3 Å². The first-order chi connectivity index (χ1) is 30.6. The summed E-state index contributed by atoms with van der Waals surface area (Å²) in [7, 11) is -2.37. The molecule has 3 aliphatic rings. The number of nitro benzene ring substituents is 1. The minimum absolute atomic E-state index is 0.0551. The van der Waals surface area contributed by atoms with Crippen molar-refractivity contribution < 1.29 is 27.6 Å². The van der Waals surface area contributed by atoms with Crippen molar-refractivity contribution >= 4 is 44.0 Å². The van der Waals surface area contributed by atoms with Crippen LogP contribution in [0.2, 0.25) is 0 Å². The van der Waals surface area contributed by atoms with Crippen molar-refractivity contribution in [2.75, 3.05) is 56.7 Å². The molecule has 0 spiro atoms. The van der Waals surface area contributed by atoms with Gasteiger partial charge in [-0.25, -0.2) is 18.1 Å². The molecule has 9 rings (SSSR count). The minimum atomic E-state index is -4.57. The summed E-state index contributed by atoms with van der Waals surface area (Å²) in [6.07, 6.45) is 9.45. The molecule has 3 saturated heterocycles. The number of amides is 1. The van der Waals surface area contributed by atoms with Gasteiger partial charge in [0, 0.05) is 49.6 Å². The molecular weight excluding hydrogens is 819 g/mol. The standard InChI is InChI=1S/C48H51N7O7S/c1-53-23-17-34(18-24-53)40-5-2-3-6-41(40)44-7-4-22-54(44)37-11-8-33(9-12-37)35-10-14-42(46(28-35)62-38-27-36-16-21-49-47(36)51-31-38)48(56)52-63(59,60)39-13-15-43(45(29-39)55(57)58)50-30-32-19-25-61-26-20-32/h2-3,5-6,8-16,21,27-29,31-32,34,44,50H,4,7,17-20,22-26,30H2,1H3,(H,49,51)(H,52,56)/t44-/m1/s1. The second-order valence-corrected chi connectivity index (χ2v) is 18.5. The van der Waals surface area contributed by atoms with Crippen molar-refractivity contribution in [2.24, 2.45) is 5.92 Å². The van der Waals surface area contributed by atoms with Crippen LogP contribution in [0.4, 0.5) is 17.1 Å². The first-order valence-corrected chi connectivity index (χ1v) is 23.1. The lowest BCUT2D eigenvalue weighted by atomic mass is 9.84. The highest BCUT2D eigenvalue weighted by Gasteiger charge is 2.31. The number of likely N-dealkylation sites (tertiary alicyclic amines) is 1. The van der Waals surface area contributed by atoms with E-state index in [2.05, 4.69) is 85.4 Å². The van der Waals surface area contributed by atoms with Crippen LogP contribution in [-0.2, 0) is 14.8 Å². The number of nitrogens with one attached hydrogen (secondary N) is 3. The van der Waals surface area contributed by atoms with E-state index in [0.29, 0.717) is 37.1 Å². The van der Waals surface area contributed by atoms with Gasteiger partial charge in [-0.3, -0.25) is 14.9 Å². The molecule has 5 heterocycles. The van der Waals surface area contributed by atoms with Gasteiger partial charge in [0.2, 0.25) is 0 Å². The summed E-state index contributed by atoms with van der Waals surface area (Å²) in [5.41, 5.74) is 6.03. The number of pyridine rings is 1. The summed E-state index contributed by atoms with van der Waals surface area (Å²) in [6, 6.07) is 29.8. The van der Waals surface area contributed by atoms with Crippen LogP contribution in [0.3, 0.4) is 0 Å². The van der Waals surface area contributed by atoms with E-state index in [-0.39, 0.29) is 29.0 Å². The number of hydrogen-bond acceptors (Lipinski definition) is 11. The zero-order valence-electron chi connectivity index (χ0n) is 35.2. The number of sulfonamides is 1. The Morgan fingerprint density at radius 1 is 0.905 bits per heavy atom. The number of ether oxygens (including phenoxy) is 2. The van der Waals surface area contributed by atoms with E-state index < -0.39 is 31.4 Å². The van der Waals surface area contributed by atoms with Gasteiger partial charge < -0.3 is 29.6 Å². The number of rotatable bonds is 13. The monoisotopic (exact) mass is 869 g/mol. The fourth-order valence-corrected chi connectivity index (χ4v) is 10.2. The fourth-order valence-electron chi connectivity index (χ4n) is 9.25. The summed E-state index contributed by atoms with van der Waals surface area (Å²) >= 11 is 0. The van der Waals surface area contributed by atoms with Crippen LogP contribution in [-0.4, -0.2) is 80.6 Å². The van der Waals surface area contributed by atoms with E-state index in [1.807, 2.05) is 6.07 Å². The van der Waals surface area contributed by atoms with E-state index in [4.69, 9.17) is 9.47 Å². The van der Waals surface area contributed by atoms with Crippen molar-refractivity contribution in [3.8, 4) is 22.6 Å². The number of fused-ring (bicyclic) bond motifs is 1. The van der Waals surface area contributed by atoms with Gasteiger partial charge in [0.05, 0.1) is 27.6 Å². The van der Waals surface area contributed by atoms with Crippen LogP contribution in [0.25, 0.3) is 22.2 Å². The summed E-state index contributed by atoms with van der Waals surface area (Å²) < 4.78 is 41.2. The number of piperidine rings is 1. The average molecular weight is 870 g/mol. The maximum atomic E-state index is 14.0. The molecule has 0 saturated carbocycles. The van der Waals surface area contributed by atoms with Gasteiger partial charge in [0.1, 0.15) is 22.8 Å². The molecule has 1 amide bonds. The van der Waals surface area contributed by atoms with Crippen molar-refractivity contribution in [1.29, 1.82) is 0 Å². The number of benzene rings is 4. The second-order valence-electron chi connectivity index (χ2n) is 16.8. The predicted octanol–water partition coefficient (Wildman–Crippen LogP) is 9.04. The minimum Gasteiger partial charge on any atom is -0.455 e. The Hall–Kier alpha value is -6.29. The summed E-state index contributed by atoms with van der Waals surface area (Å²) in [6.45, 7) is 4.92.